The van der Waals surface area contributed by atoms with Gasteiger partial charge in [-0.3, -0.25) is 4.90 Å². The molecule has 1 fully saturated rings. The number of benzene rings is 1. The van der Waals surface area contributed by atoms with E-state index < -0.39 is 0 Å². The van der Waals surface area contributed by atoms with Crippen molar-refractivity contribution in [2.75, 3.05) is 40.4 Å². The van der Waals surface area contributed by atoms with E-state index in [0.29, 0.717) is 24.5 Å². The summed E-state index contributed by atoms with van der Waals surface area (Å²) in [5, 5.41) is 3.29. The first kappa shape index (κ1) is 14.2. The molecule has 1 aromatic carbocycles. The number of ether oxygens (including phenoxy) is 2. The summed E-state index contributed by atoms with van der Waals surface area (Å²) in [7, 11) is 3.17. The number of nitrogens with one attached hydrogen (secondary N) is 1. The molecule has 1 aliphatic heterocycles. The molecule has 1 aliphatic rings. The second-order valence-electron chi connectivity index (χ2n) is 4.71. The smallest absolute Gasteiger partial charge is 0.131 e. The number of methoxy groups -OCH3 is 2. The lowest BCUT2D eigenvalue weighted by Gasteiger charge is -2.27. The molecule has 2 rings (SSSR count). The van der Waals surface area contributed by atoms with E-state index >= 15 is 0 Å². The van der Waals surface area contributed by atoms with Crippen molar-refractivity contribution >= 4 is 0 Å². The van der Waals surface area contributed by atoms with Gasteiger partial charge in [0.2, 0.25) is 0 Å². The lowest BCUT2D eigenvalue weighted by Crippen LogP contribution is -2.43. The van der Waals surface area contributed by atoms with E-state index in [2.05, 4.69) is 10.2 Å². The summed E-state index contributed by atoms with van der Waals surface area (Å²) in [6, 6.07) is 3.30. The maximum Gasteiger partial charge on any atom is 0.131 e. The maximum absolute atomic E-state index is 14.0. The third kappa shape index (κ3) is 3.65. The Kier molecular flexibility index (Phi) is 5.13. The average Bonchev–Trinajstić information content (AvgIpc) is 2.43. The molecule has 0 unspecified atom stereocenters. The standard InChI is InChI=1S/C14H21FN2O2/c1-18-10-12-7-11(13(15)8-14(12)19-2)9-17-5-3-16-4-6-17/h7-8,16H,3-6,9-10H2,1-2H3. The van der Waals surface area contributed by atoms with Crippen molar-refractivity contribution in [2.24, 2.45) is 0 Å². The van der Waals surface area contributed by atoms with Gasteiger partial charge < -0.3 is 14.8 Å². The van der Waals surface area contributed by atoms with Crippen LogP contribution < -0.4 is 10.1 Å². The van der Waals surface area contributed by atoms with Crippen LogP contribution in [0, 0.1) is 5.82 Å². The molecule has 0 aliphatic carbocycles. The van der Waals surface area contributed by atoms with Crippen LogP contribution in [0.25, 0.3) is 0 Å². The van der Waals surface area contributed by atoms with E-state index in [1.54, 1.807) is 14.2 Å². The molecule has 1 saturated heterocycles. The fraction of sp³-hybridized carbons (Fsp3) is 0.571. The zero-order valence-electron chi connectivity index (χ0n) is 11.5. The van der Waals surface area contributed by atoms with Crippen molar-refractivity contribution < 1.29 is 13.9 Å². The van der Waals surface area contributed by atoms with E-state index in [0.717, 1.165) is 31.7 Å². The quantitative estimate of drug-likeness (QED) is 0.875. The Labute approximate surface area is 113 Å². The molecule has 5 heteroatoms. The number of nitrogens with zero attached hydrogens (tertiary/aromatic N) is 1. The molecule has 0 bridgehead atoms. The van der Waals surface area contributed by atoms with Gasteiger partial charge in [0.25, 0.3) is 0 Å². The van der Waals surface area contributed by atoms with Crippen molar-refractivity contribution in [1.82, 2.24) is 10.2 Å². The van der Waals surface area contributed by atoms with E-state index in [-0.39, 0.29) is 5.82 Å². The first-order valence-electron chi connectivity index (χ1n) is 6.52. The predicted molar refractivity (Wildman–Crippen MR) is 71.8 cm³/mol. The van der Waals surface area contributed by atoms with Crippen LogP contribution in [0.2, 0.25) is 0 Å². The van der Waals surface area contributed by atoms with Crippen molar-refractivity contribution in [3.63, 3.8) is 0 Å². The monoisotopic (exact) mass is 268 g/mol. The van der Waals surface area contributed by atoms with Gasteiger partial charge in [0.15, 0.2) is 0 Å². The molecule has 0 spiro atoms. The van der Waals surface area contributed by atoms with Crippen LogP contribution in [0.3, 0.4) is 0 Å². The highest BCUT2D eigenvalue weighted by Gasteiger charge is 2.15. The van der Waals surface area contributed by atoms with Crippen molar-refractivity contribution in [2.45, 2.75) is 13.2 Å². The molecule has 19 heavy (non-hydrogen) atoms. The summed E-state index contributed by atoms with van der Waals surface area (Å²) >= 11 is 0. The first-order valence-corrected chi connectivity index (χ1v) is 6.52. The van der Waals surface area contributed by atoms with Gasteiger partial charge in [0.05, 0.1) is 13.7 Å². The first-order chi connectivity index (χ1) is 9.24. The Bertz CT molecular complexity index is 420. The number of halogens is 1. The molecule has 1 aromatic rings. The van der Waals surface area contributed by atoms with Crippen LogP contribution in [0.15, 0.2) is 12.1 Å². The SMILES string of the molecule is COCc1cc(CN2CCNCC2)c(F)cc1OC. The highest BCUT2D eigenvalue weighted by Crippen LogP contribution is 2.24. The number of hydrogen-bond acceptors (Lipinski definition) is 4. The molecule has 0 amide bonds. The van der Waals surface area contributed by atoms with Gasteiger partial charge in [-0.2, -0.15) is 0 Å². The molecule has 0 saturated carbocycles. The predicted octanol–water partition coefficient (Wildman–Crippen LogP) is 1.39. The van der Waals surface area contributed by atoms with Crippen LogP contribution in [0.1, 0.15) is 11.1 Å². The lowest BCUT2D eigenvalue weighted by molar-refractivity contribution is 0.181. The summed E-state index contributed by atoms with van der Waals surface area (Å²) in [5.74, 6) is 0.332. The molecule has 0 aromatic heterocycles. The Balaban J connectivity index is 2.16. The summed E-state index contributed by atoms with van der Waals surface area (Å²) < 4.78 is 24.4. The number of piperazine rings is 1. The Morgan fingerprint density at radius 2 is 1.95 bits per heavy atom. The maximum atomic E-state index is 14.0. The van der Waals surface area contributed by atoms with Gasteiger partial charge in [-0.05, 0) is 6.07 Å². The fourth-order valence-corrected chi connectivity index (χ4v) is 2.34. The fourth-order valence-electron chi connectivity index (χ4n) is 2.34. The molecular weight excluding hydrogens is 247 g/mol. The van der Waals surface area contributed by atoms with Gasteiger partial charge in [0, 0.05) is 57.0 Å². The van der Waals surface area contributed by atoms with Gasteiger partial charge >= 0.3 is 0 Å². The van der Waals surface area contributed by atoms with Crippen LogP contribution in [0.4, 0.5) is 4.39 Å². The summed E-state index contributed by atoms with van der Waals surface area (Å²) in [6.45, 7) is 4.88. The topological polar surface area (TPSA) is 33.7 Å². The molecule has 1 heterocycles. The van der Waals surface area contributed by atoms with Crippen molar-refractivity contribution in [3.8, 4) is 5.75 Å². The molecular formula is C14H21FN2O2. The molecule has 0 atom stereocenters. The second-order valence-corrected chi connectivity index (χ2v) is 4.71. The molecule has 0 radical (unpaired) electrons. The van der Waals surface area contributed by atoms with E-state index in [1.807, 2.05) is 6.07 Å². The normalized spacial score (nSPS) is 16.6. The van der Waals surface area contributed by atoms with Gasteiger partial charge in [0.1, 0.15) is 11.6 Å². The highest BCUT2D eigenvalue weighted by molar-refractivity contribution is 5.38. The zero-order chi connectivity index (χ0) is 13.7. The highest BCUT2D eigenvalue weighted by atomic mass is 19.1. The minimum Gasteiger partial charge on any atom is -0.496 e. The molecule has 4 nitrogen and oxygen atoms in total. The largest absolute Gasteiger partial charge is 0.496 e. The zero-order valence-corrected chi connectivity index (χ0v) is 11.5. The lowest BCUT2D eigenvalue weighted by atomic mass is 10.1. The minimum absolute atomic E-state index is 0.213. The van der Waals surface area contributed by atoms with Gasteiger partial charge in [-0.1, -0.05) is 0 Å². The Morgan fingerprint density at radius 3 is 2.58 bits per heavy atom. The number of hydrogen-bond donors (Lipinski definition) is 1. The van der Waals surface area contributed by atoms with E-state index in [4.69, 9.17) is 9.47 Å². The summed E-state index contributed by atoms with van der Waals surface area (Å²) in [4.78, 5) is 2.25. The van der Waals surface area contributed by atoms with Gasteiger partial charge in [-0.25, -0.2) is 4.39 Å². The van der Waals surface area contributed by atoms with Crippen molar-refractivity contribution in [3.05, 3.63) is 29.1 Å². The number of rotatable bonds is 5. The van der Waals surface area contributed by atoms with Crippen LogP contribution >= 0.6 is 0 Å². The van der Waals surface area contributed by atoms with Crippen LogP contribution in [-0.4, -0.2) is 45.3 Å². The van der Waals surface area contributed by atoms with E-state index in [1.165, 1.54) is 6.07 Å². The molecule has 1 N–H and O–H groups in total. The van der Waals surface area contributed by atoms with Gasteiger partial charge in [-0.15, -0.1) is 0 Å². The van der Waals surface area contributed by atoms with Crippen LogP contribution in [-0.2, 0) is 17.9 Å². The van der Waals surface area contributed by atoms with Crippen molar-refractivity contribution in [1.29, 1.82) is 0 Å². The third-order valence-electron chi connectivity index (χ3n) is 3.35. The Hall–Kier alpha value is -1.17. The minimum atomic E-state index is -0.213. The average molecular weight is 268 g/mol. The van der Waals surface area contributed by atoms with Crippen LogP contribution in [0.5, 0.6) is 5.75 Å². The second kappa shape index (κ2) is 6.84. The summed E-state index contributed by atoms with van der Waals surface area (Å²) in [6.07, 6.45) is 0. The third-order valence-corrected chi connectivity index (χ3v) is 3.35. The summed E-state index contributed by atoms with van der Waals surface area (Å²) in [5.41, 5.74) is 1.59. The Morgan fingerprint density at radius 1 is 1.21 bits per heavy atom. The molecule has 106 valence electrons. The van der Waals surface area contributed by atoms with E-state index in [9.17, 15) is 4.39 Å².